The van der Waals surface area contributed by atoms with Crippen molar-refractivity contribution in [3.63, 3.8) is 0 Å². The number of hydrogen-bond donors (Lipinski definition) is 1. The van der Waals surface area contributed by atoms with Crippen molar-refractivity contribution in [1.29, 1.82) is 0 Å². The van der Waals surface area contributed by atoms with Gasteiger partial charge in [-0.1, -0.05) is 25.6 Å². The first-order chi connectivity index (χ1) is 6.38. The van der Waals surface area contributed by atoms with E-state index in [9.17, 15) is 13.2 Å². The van der Waals surface area contributed by atoms with Crippen LogP contribution < -0.4 is 5.32 Å². The molecule has 1 aliphatic heterocycles. The number of thioether (sulfide) groups is 1. The number of nitrogens with zero attached hydrogens (tertiary/aromatic N) is 1. The van der Waals surface area contributed by atoms with E-state index in [1.807, 2.05) is 13.8 Å². The van der Waals surface area contributed by atoms with Gasteiger partial charge in [0.2, 0.25) is 0 Å². The van der Waals surface area contributed by atoms with E-state index in [1.54, 1.807) is 0 Å². The molecule has 0 saturated carbocycles. The molecule has 1 atom stereocenters. The van der Waals surface area contributed by atoms with Gasteiger partial charge in [0.05, 0.1) is 0 Å². The summed E-state index contributed by atoms with van der Waals surface area (Å²) in [4.78, 5) is 3.47. The van der Waals surface area contributed by atoms with Crippen molar-refractivity contribution >= 4 is 16.9 Å². The molecule has 6 heteroatoms. The molecule has 0 unspecified atom stereocenters. The number of halogens is 3. The van der Waals surface area contributed by atoms with E-state index >= 15 is 0 Å². The number of rotatable bonds is 2. The lowest BCUT2D eigenvalue weighted by Gasteiger charge is -2.13. The van der Waals surface area contributed by atoms with Crippen LogP contribution in [0.1, 0.15) is 13.8 Å². The van der Waals surface area contributed by atoms with Gasteiger partial charge in [0.1, 0.15) is 6.54 Å². The molecule has 0 aromatic heterocycles. The Morgan fingerprint density at radius 2 is 2.21 bits per heavy atom. The van der Waals surface area contributed by atoms with E-state index in [1.165, 1.54) is 11.8 Å². The van der Waals surface area contributed by atoms with Gasteiger partial charge in [-0.2, -0.15) is 13.2 Å². The highest BCUT2D eigenvalue weighted by Gasteiger charge is 2.28. The summed E-state index contributed by atoms with van der Waals surface area (Å²) in [5.41, 5.74) is 0. The van der Waals surface area contributed by atoms with E-state index in [-0.39, 0.29) is 6.04 Å². The van der Waals surface area contributed by atoms with E-state index in [2.05, 4.69) is 10.3 Å². The van der Waals surface area contributed by atoms with Crippen LogP contribution >= 0.6 is 11.8 Å². The number of alkyl halides is 3. The fourth-order valence-corrected chi connectivity index (χ4v) is 2.22. The van der Waals surface area contributed by atoms with Crippen LogP contribution in [-0.4, -0.2) is 29.7 Å². The average Bonchev–Trinajstić information content (AvgIpc) is 2.47. The lowest BCUT2D eigenvalue weighted by atomic mass is 10.1. The molecule has 0 amide bonds. The summed E-state index contributed by atoms with van der Waals surface area (Å²) >= 11 is 1.36. The largest absolute Gasteiger partial charge is 0.408 e. The normalized spacial score (nSPS) is 25.9. The van der Waals surface area contributed by atoms with Gasteiger partial charge in [-0.25, -0.2) is 0 Å². The number of nitrogens with one attached hydrogen (secondary N) is 1. The molecule has 0 spiro atoms. The molecule has 0 aromatic rings. The summed E-state index contributed by atoms with van der Waals surface area (Å²) in [6.07, 6.45) is -4.20. The second-order valence-corrected chi connectivity index (χ2v) is 4.55. The van der Waals surface area contributed by atoms with Gasteiger partial charge in [0.15, 0.2) is 5.17 Å². The first-order valence-electron chi connectivity index (χ1n) is 4.39. The molecular formula is C8H13F3N2S. The second kappa shape index (κ2) is 4.42. The van der Waals surface area contributed by atoms with E-state index in [0.717, 1.165) is 5.75 Å². The number of aliphatic imine (C=N–C) groups is 1. The van der Waals surface area contributed by atoms with Crippen molar-refractivity contribution in [2.45, 2.75) is 26.1 Å². The zero-order valence-corrected chi connectivity index (χ0v) is 8.87. The lowest BCUT2D eigenvalue weighted by molar-refractivity contribution is -0.118. The fourth-order valence-electron chi connectivity index (χ4n) is 1.02. The van der Waals surface area contributed by atoms with Crippen molar-refractivity contribution in [1.82, 2.24) is 5.32 Å². The van der Waals surface area contributed by atoms with Gasteiger partial charge in [0, 0.05) is 11.8 Å². The van der Waals surface area contributed by atoms with Gasteiger partial charge in [-0.15, -0.1) is 0 Å². The SMILES string of the molecule is CC(C)[C@H]1CSC(=NCC(F)(F)F)N1. The summed E-state index contributed by atoms with van der Waals surface area (Å²) in [6.45, 7) is 2.98. The standard InChI is InChI=1S/C8H13F3N2S/c1-5(2)6-3-14-7(13-6)12-4-8(9,10)11/h5-6H,3-4H2,1-2H3,(H,12,13)/t6-/m1/s1. The highest BCUT2D eigenvalue weighted by atomic mass is 32.2. The minimum atomic E-state index is -4.20. The molecule has 1 aliphatic rings. The van der Waals surface area contributed by atoms with Crippen LogP contribution in [0, 0.1) is 5.92 Å². The Bertz CT molecular complexity index is 225. The second-order valence-electron chi connectivity index (χ2n) is 3.54. The maximum absolute atomic E-state index is 11.8. The number of amidine groups is 1. The van der Waals surface area contributed by atoms with Gasteiger partial charge in [0.25, 0.3) is 0 Å². The minimum Gasteiger partial charge on any atom is -0.361 e. The Morgan fingerprint density at radius 3 is 2.64 bits per heavy atom. The average molecular weight is 226 g/mol. The monoisotopic (exact) mass is 226 g/mol. The first kappa shape index (κ1) is 11.7. The molecule has 1 saturated heterocycles. The Hall–Kier alpha value is -0.390. The van der Waals surface area contributed by atoms with E-state index < -0.39 is 12.7 Å². The molecule has 0 radical (unpaired) electrons. The molecule has 2 nitrogen and oxygen atoms in total. The van der Waals surface area contributed by atoms with Crippen LogP contribution in [-0.2, 0) is 0 Å². The highest BCUT2D eigenvalue weighted by molar-refractivity contribution is 8.14. The van der Waals surface area contributed by atoms with Crippen LogP contribution in [0.5, 0.6) is 0 Å². The van der Waals surface area contributed by atoms with Crippen molar-refractivity contribution in [3.8, 4) is 0 Å². The van der Waals surface area contributed by atoms with Crippen LogP contribution in [0.2, 0.25) is 0 Å². The quantitative estimate of drug-likeness (QED) is 0.781. The highest BCUT2D eigenvalue weighted by Crippen LogP contribution is 2.21. The van der Waals surface area contributed by atoms with Crippen molar-refractivity contribution < 1.29 is 13.2 Å². The summed E-state index contributed by atoms with van der Waals surface area (Å²) < 4.78 is 35.5. The third-order valence-electron chi connectivity index (χ3n) is 1.92. The molecule has 0 aromatic carbocycles. The molecule has 1 heterocycles. The maximum Gasteiger partial charge on any atom is 0.408 e. The summed E-state index contributed by atoms with van der Waals surface area (Å²) in [5.74, 6) is 1.22. The van der Waals surface area contributed by atoms with E-state index in [4.69, 9.17) is 0 Å². The Kier molecular flexibility index (Phi) is 3.69. The zero-order valence-electron chi connectivity index (χ0n) is 8.06. The van der Waals surface area contributed by atoms with Gasteiger partial charge in [-0.05, 0) is 5.92 Å². The first-order valence-corrected chi connectivity index (χ1v) is 5.37. The molecule has 1 fully saturated rings. The van der Waals surface area contributed by atoms with Crippen LogP contribution in [0.3, 0.4) is 0 Å². The molecule has 82 valence electrons. The summed E-state index contributed by atoms with van der Waals surface area (Å²) in [5, 5.41) is 3.39. The van der Waals surface area contributed by atoms with Gasteiger partial charge in [-0.3, -0.25) is 4.99 Å². The smallest absolute Gasteiger partial charge is 0.361 e. The number of hydrogen-bond acceptors (Lipinski definition) is 2. The third kappa shape index (κ3) is 3.77. The summed E-state index contributed by atoms with van der Waals surface area (Å²) in [7, 11) is 0. The van der Waals surface area contributed by atoms with Crippen LogP contribution in [0.25, 0.3) is 0 Å². The third-order valence-corrected chi connectivity index (χ3v) is 2.96. The lowest BCUT2D eigenvalue weighted by Crippen LogP contribution is -2.32. The topological polar surface area (TPSA) is 24.4 Å². The maximum atomic E-state index is 11.8. The van der Waals surface area contributed by atoms with Crippen molar-refractivity contribution in [2.75, 3.05) is 12.3 Å². The fraction of sp³-hybridized carbons (Fsp3) is 0.875. The molecule has 0 aliphatic carbocycles. The van der Waals surface area contributed by atoms with Gasteiger partial charge >= 0.3 is 6.18 Å². The zero-order chi connectivity index (χ0) is 10.8. The van der Waals surface area contributed by atoms with Crippen molar-refractivity contribution in [2.24, 2.45) is 10.9 Å². The van der Waals surface area contributed by atoms with Crippen LogP contribution in [0.4, 0.5) is 13.2 Å². The molecule has 1 N–H and O–H groups in total. The van der Waals surface area contributed by atoms with Crippen LogP contribution in [0.15, 0.2) is 4.99 Å². The summed E-state index contributed by atoms with van der Waals surface area (Å²) in [6, 6.07) is 0.243. The predicted molar refractivity (Wildman–Crippen MR) is 52.6 cm³/mol. The van der Waals surface area contributed by atoms with E-state index in [0.29, 0.717) is 11.1 Å². The Labute approximate surface area is 85.4 Å². The molecular weight excluding hydrogens is 213 g/mol. The van der Waals surface area contributed by atoms with Crippen molar-refractivity contribution in [3.05, 3.63) is 0 Å². The molecule has 1 rings (SSSR count). The Morgan fingerprint density at radius 1 is 1.57 bits per heavy atom. The minimum absolute atomic E-state index is 0.243. The van der Waals surface area contributed by atoms with Gasteiger partial charge < -0.3 is 5.32 Å². The predicted octanol–water partition coefficient (Wildman–Crippen LogP) is 2.27. The molecule has 0 bridgehead atoms. The Balaban J connectivity index is 2.42. The molecule has 14 heavy (non-hydrogen) atoms.